The van der Waals surface area contributed by atoms with Gasteiger partial charge in [0, 0.05) is 5.56 Å². The molecule has 0 saturated heterocycles. The smallest absolute Gasteiger partial charge is 0.185 e. The van der Waals surface area contributed by atoms with Crippen molar-refractivity contribution in [2.24, 2.45) is 0 Å². The number of nitrogens with one attached hydrogen (secondary N) is 1. The number of carbonyl (C=O) groups excluding carboxylic acids is 1. The summed E-state index contributed by atoms with van der Waals surface area (Å²) in [4.78, 5) is 17.0. The highest BCUT2D eigenvalue weighted by Gasteiger charge is 2.07. The normalized spacial score (nSPS) is 10.3. The third-order valence-corrected chi connectivity index (χ3v) is 2.24. The Balaban J connectivity index is 2.49. The lowest BCUT2D eigenvalue weighted by molar-refractivity contribution is 0.111. The van der Waals surface area contributed by atoms with E-state index in [9.17, 15) is 9.18 Å². The predicted molar refractivity (Wildman–Crippen MR) is 54.4 cm³/mol. The Kier molecular flexibility index (Phi) is 2.51. The third kappa shape index (κ3) is 1.89. The van der Waals surface area contributed by atoms with E-state index in [0.717, 1.165) is 0 Å². The molecule has 3 nitrogen and oxygen atoms in total. The second-order valence-corrected chi connectivity index (χ2v) is 3.33. The molecule has 15 heavy (non-hydrogen) atoms. The summed E-state index contributed by atoms with van der Waals surface area (Å²) in [6.07, 6.45) is 2.07. The fourth-order valence-electron chi connectivity index (χ4n) is 1.24. The maximum Gasteiger partial charge on any atom is 0.185 e. The molecule has 2 aromatic rings. The highest BCUT2D eigenvalue weighted by molar-refractivity contribution is 6.33. The fourth-order valence-corrected chi connectivity index (χ4v) is 1.51. The van der Waals surface area contributed by atoms with Crippen molar-refractivity contribution in [2.45, 2.75) is 0 Å². The summed E-state index contributed by atoms with van der Waals surface area (Å²) in [5.74, 6) is -0.190. The number of hydrogen-bond donors (Lipinski definition) is 1. The van der Waals surface area contributed by atoms with Crippen LogP contribution in [-0.2, 0) is 0 Å². The second kappa shape index (κ2) is 3.82. The number of aldehydes is 1. The quantitative estimate of drug-likeness (QED) is 0.798. The van der Waals surface area contributed by atoms with Crippen molar-refractivity contribution in [1.29, 1.82) is 0 Å². The fraction of sp³-hybridized carbons (Fsp3) is 0. The van der Waals surface area contributed by atoms with Crippen LogP contribution >= 0.6 is 11.6 Å². The number of aromatic nitrogens is 2. The average molecular weight is 225 g/mol. The number of carbonyl (C=O) groups is 1. The lowest BCUT2D eigenvalue weighted by atomic mass is 10.2. The molecule has 0 spiro atoms. The van der Waals surface area contributed by atoms with Gasteiger partial charge in [-0.3, -0.25) is 4.79 Å². The van der Waals surface area contributed by atoms with Gasteiger partial charge in [0.05, 0.1) is 16.9 Å². The first-order chi connectivity index (χ1) is 7.20. The summed E-state index contributed by atoms with van der Waals surface area (Å²) >= 11 is 5.84. The maximum atomic E-state index is 12.8. The van der Waals surface area contributed by atoms with E-state index in [-0.39, 0.29) is 10.8 Å². The number of benzene rings is 1. The van der Waals surface area contributed by atoms with E-state index in [1.54, 1.807) is 0 Å². The van der Waals surface area contributed by atoms with Gasteiger partial charge in [0.25, 0.3) is 0 Å². The molecule has 0 bridgehead atoms. The number of aromatic amines is 1. The molecule has 1 N–H and O–H groups in total. The van der Waals surface area contributed by atoms with Crippen LogP contribution in [-0.4, -0.2) is 16.3 Å². The molecule has 0 aliphatic carbocycles. The minimum absolute atomic E-state index is 0.213. The average Bonchev–Trinajstić information content (AvgIpc) is 2.66. The molecule has 5 heteroatoms. The molecule has 0 aliphatic heterocycles. The molecule has 0 atom stereocenters. The van der Waals surface area contributed by atoms with Gasteiger partial charge < -0.3 is 4.98 Å². The van der Waals surface area contributed by atoms with Crippen LogP contribution < -0.4 is 0 Å². The molecule has 2 rings (SSSR count). The molecular formula is C10H6ClFN2O. The highest BCUT2D eigenvalue weighted by atomic mass is 35.5. The zero-order chi connectivity index (χ0) is 10.8. The summed E-state index contributed by atoms with van der Waals surface area (Å²) in [6.45, 7) is 0. The molecule has 1 aromatic heterocycles. The van der Waals surface area contributed by atoms with Crippen molar-refractivity contribution in [3.8, 4) is 11.3 Å². The maximum absolute atomic E-state index is 12.8. The van der Waals surface area contributed by atoms with E-state index in [2.05, 4.69) is 9.97 Å². The van der Waals surface area contributed by atoms with E-state index in [1.165, 1.54) is 24.4 Å². The Morgan fingerprint density at radius 2 is 2.27 bits per heavy atom. The second-order valence-electron chi connectivity index (χ2n) is 2.92. The molecular weight excluding hydrogens is 219 g/mol. The number of H-pyrrole nitrogens is 1. The van der Waals surface area contributed by atoms with Crippen molar-refractivity contribution < 1.29 is 9.18 Å². The largest absolute Gasteiger partial charge is 0.336 e. The standard InChI is InChI=1S/C10H6ClFN2O/c11-8-3-6(12)1-2-7(8)9-4-13-10(5-15)14-9/h1-5H,(H,13,14). The van der Waals surface area contributed by atoms with Gasteiger partial charge in [0.2, 0.25) is 0 Å². The molecule has 0 saturated carbocycles. The Hall–Kier alpha value is -1.68. The first kappa shape index (κ1) is 9.86. The van der Waals surface area contributed by atoms with Crippen LogP contribution in [0, 0.1) is 5.82 Å². The Labute approximate surface area is 89.9 Å². The highest BCUT2D eigenvalue weighted by Crippen LogP contribution is 2.26. The van der Waals surface area contributed by atoms with Crippen LogP contribution in [0.2, 0.25) is 5.02 Å². The van der Waals surface area contributed by atoms with Crippen LogP contribution in [0.5, 0.6) is 0 Å². The predicted octanol–water partition coefficient (Wildman–Crippen LogP) is 2.68. The summed E-state index contributed by atoms with van der Waals surface area (Å²) in [7, 11) is 0. The molecule has 0 amide bonds. The number of hydrogen-bond acceptors (Lipinski definition) is 2. The van der Waals surface area contributed by atoms with E-state index < -0.39 is 5.82 Å². The third-order valence-electron chi connectivity index (χ3n) is 1.93. The van der Waals surface area contributed by atoms with E-state index in [4.69, 9.17) is 11.6 Å². The van der Waals surface area contributed by atoms with Crippen LogP contribution in [0.25, 0.3) is 11.3 Å². The molecule has 76 valence electrons. The molecule has 1 heterocycles. The Morgan fingerprint density at radius 1 is 1.47 bits per heavy atom. The number of nitrogens with zero attached hydrogens (tertiary/aromatic N) is 1. The van der Waals surface area contributed by atoms with Gasteiger partial charge in [-0.15, -0.1) is 0 Å². The van der Waals surface area contributed by atoms with Crippen molar-refractivity contribution in [3.05, 3.63) is 41.1 Å². The number of halogens is 2. The summed E-state index contributed by atoms with van der Waals surface area (Å²) in [5, 5.41) is 0.274. The first-order valence-electron chi connectivity index (χ1n) is 4.16. The number of rotatable bonds is 2. The van der Waals surface area contributed by atoms with Gasteiger partial charge in [0.15, 0.2) is 12.1 Å². The first-order valence-corrected chi connectivity index (χ1v) is 4.54. The zero-order valence-corrected chi connectivity index (χ0v) is 8.25. The minimum Gasteiger partial charge on any atom is -0.336 e. The van der Waals surface area contributed by atoms with Gasteiger partial charge in [-0.1, -0.05) is 11.6 Å². The van der Waals surface area contributed by atoms with E-state index in [1.807, 2.05) is 0 Å². The van der Waals surface area contributed by atoms with Crippen LogP contribution in [0.4, 0.5) is 4.39 Å². The summed E-state index contributed by atoms with van der Waals surface area (Å²) < 4.78 is 12.8. The number of imidazole rings is 1. The summed E-state index contributed by atoms with van der Waals surface area (Å²) in [6, 6.07) is 4.03. The molecule has 0 fully saturated rings. The van der Waals surface area contributed by atoms with Crippen molar-refractivity contribution in [1.82, 2.24) is 9.97 Å². The van der Waals surface area contributed by atoms with Crippen molar-refractivity contribution >= 4 is 17.9 Å². The van der Waals surface area contributed by atoms with E-state index in [0.29, 0.717) is 17.5 Å². The Morgan fingerprint density at radius 3 is 2.87 bits per heavy atom. The lowest BCUT2D eigenvalue weighted by Gasteiger charge is -2.00. The van der Waals surface area contributed by atoms with Gasteiger partial charge in [-0.2, -0.15) is 0 Å². The molecule has 1 aromatic carbocycles. The van der Waals surface area contributed by atoms with E-state index >= 15 is 0 Å². The molecule has 0 radical (unpaired) electrons. The monoisotopic (exact) mass is 224 g/mol. The van der Waals surface area contributed by atoms with Crippen LogP contribution in [0.3, 0.4) is 0 Å². The topological polar surface area (TPSA) is 45.8 Å². The molecule has 0 unspecified atom stereocenters. The van der Waals surface area contributed by atoms with Gasteiger partial charge >= 0.3 is 0 Å². The Bertz CT molecular complexity index is 510. The van der Waals surface area contributed by atoms with Gasteiger partial charge in [-0.05, 0) is 18.2 Å². The van der Waals surface area contributed by atoms with Crippen molar-refractivity contribution in [2.75, 3.05) is 0 Å². The van der Waals surface area contributed by atoms with Crippen LogP contribution in [0.15, 0.2) is 24.4 Å². The minimum atomic E-state index is -0.404. The SMILES string of the molecule is O=Cc1ncc(-c2ccc(F)cc2Cl)[nH]1. The van der Waals surface area contributed by atoms with Crippen LogP contribution in [0.1, 0.15) is 10.6 Å². The molecule has 0 aliphatic rings. The van der Waals surface area contributed by atoms with Gasteiger partial charge in [0.1, 0.15) is 5.82 Å². The summed E-state index contributed by atoms with van der Waals surface area (Å²) in [5.41, 5.74) is 1.20. The lowest BCUT2D eigenvalue weighted by Crippen LogP contribution is -1.84. The van der Waals surface area contributed by atoms with Crippen molar-refractivity contribution in [3.63, 3.8) is 0 Å². The zero-order valence-electron chi connectivity index (χ0n) is 7.50. The van der Waals surface area contributed by atoms with Gasteiger partial charge in [-0.25, -0.2) is 9.37 Å².